The van der Waals surface area contributed by atoms with Crippen LogP contribution in [0, 0.1) is 6.92 Å². The largest absolute Gasteiger partial charge is 0.497 e. The number of aryl methyl sites for hydroxylation is 1. The van der Waals surface area contributed by atoms with Crippen LogP contribution in [0.5, 0.6) is 5.75 Å². The summed E-state index contributed by atoms with van der Waals surface area (Å²) in [5, 5.41) is 2.94. The van der Waals surface area contributed by atoms with Gasteiger partial charge >= 0.3 is 6.03 Å². The van der Waals surface area contributed by atoms with Gasteiger partial charge in [-0.1, -0.05) is 24.3 Å². The lowest BCUT2D eigenvalue weighted by atomic mass is 10.2. The van der Waals surface area contributed by atoms with Crippen LogP contribution in [-0.4, -0.2) is 54.1 Å². The number of hydrogen-bond donors (Lipinski definition) is 1. The highest BCUT2D eigenvalue weighted by Crippen LogP contribution is 2.23. The number of nitrogens with one attached hydrogen (secondary N) is 1. The van der Waals surface area contributed by atoms with E-state index < -0.39 is 0 Å². The summed E-state index contributed by atoms with van der Waals surface area (Å²) in [4.78, 5) is 21.4. The van der Waals surface area contributed by atoms with Gasteiger partial charge in [-0.3, -0.25) is 4.90 Å². The first-order chi connectivity index (χ1) is 14.6. The molecule has 2 amide bonds. The van der Waals surface area contributed by atoms with E-state index in [1.165, 1.54) is 0 Å². The Kier molecular flexibility index (Phi) is 5.99. The first-order valence-corrected chi connectivity index (χ1v) is 10.1. The SMILES string of the molecule is COc1cccc(NC(=O)N2CCN(Cc3nc(-c4ccccc4)oc3C)CC2)c1. The van der Waals surface area contributed by atoms with Crippen molar-refractivity contribution in [3.8, 4) is 17.2 Å². The van der Waals surface area contributed by atoms with Gasteiger partial charge in [-0.15, -0.1) is 0 Å². The zero-order chi connectivity index (χ0) is 20.9. The maximum absolute atomic E-state index is 12.6. The van der Waals surface area contributed by atoms with Gasteiger partial charge in [-0.25, -0.2) is 9.78 Å². The van der Waals surface area contributed by atoms with Gasteiger partial charge in [0, 0.05) is 50.0 Å². The molecule has 2 heterocycles. The molecule has 1 saturated heterocycles. The summed E-state index contributed by atoms with van der Waals surface area (Å²) in [6.07, 6.45) is 0. The standard InChI is InChI=1S/C23H26N4O3/c1-17-21(25-22(30-17)18-7-4-3-5-8-18)16-26-11-13-27(14-12-26)23(28)24-19-9-6-10-20(15-19)29-2/h3-10,15H,11-14,16H2,1-2H3,(H,24,28). The monoisotopic (exact) mass is 406 g/mol. The molecule has 0 spiro atoms. The smallest absolute Gasteiger partial charge is 0.321 e. The molecule has 1 aromatic heterocycles. The number of nitrogens with zero attached hydrogens (tertiary/aromatic N) is 3. The van der Waals surface area contributed by atoms with Gasteiger partial charge in [0.15, 0.2) is 0 Å². The van der Waals surface area contributed by atoms with Crippen LogP contribution in [0.15, 0.2) is 59.0 Å². The molecular formula is C23H26N4O3. The average molecular weight is 406 g/mol. The lowest BCUT2D eigenvalue weighted by Crippen LogP contribution is -2.49. The number of amides is 2. The lowest BCUT2D eigenvalue weighted by molar-refractivity contribution is 0.141. The number of rotatable bonds is 5. The van der Waals surface area contributed by atoms with E-state index in [2.05, 4.69) is 15.2 Å². The van der Waals surface area contributed by atoms with Crippen LogP contribution in [0.3, 0.4) is 0 Å². The van der Waals surface area contributed by atoms with Gasteiger partial charge in [-0.2, -0.15) is 0 Å². The van der Waals surface area contributed by atoms with Crippen molar-refractivity contribution in [3.05, 3.63) is 66.1 Å². The number of benzene rings is 2. The third-order valence-corrected chi connectivity index (χ3v) is 5.27. The Labute approximate surface area is 176 Å². The van der Waals surface area contributed by atoms with Crippen molar-refractivity contribution in [2.75, 3.05) is 38.6 Å². The van der Waals surface area contributed by atoms with Gasteiger partial charge in [0.05, 0.1) is 12.8 Å². The highest BCUT2D eigenvalue weighted by atomic mass is 16.5. The number of carbonyl (C=O) groups excluding carboxylic acids is 1. The summed E-state index contributed by atoms with van der Waals surface area (Å²) in [7, 11) is 1.61. The molecule has 1 N–H and O–H groups in total. The number of oxazole rings is 1. The fourth-order valence-corrected chi connectivity index (χ4v) is 3.50. The molecule has 0 bridgehead atoms. The minimum atomic E-state index is -0.0908. The van der Waals surface area contributed by atoms with Gasteiger partial charge in [0.2, 0.25) is 5.89 Å². The molecule has 7 heteroatoms. The van der Waals surface area contributed by atoms with Crippen LogP contribution in [0.1, 0.15) is 11.5 Å². The number of methoxy groups -OCH3 is 1. The third kappa shape index (κ3) is 4.63. The number of urea groups is 1. The summed E-state index contributed by atoms with van der Waals surface area (Å²) in [5.41, 5.74) is 2.66. The summed E-state index contributed by atoms with van der Waals surface area (Å²) in [6.45, 7) is 5.58. The average Bonchev–Trinajstić information content (AvgIpc) is 3.15. The lowest BCUT2D eigenvalue weighted by Gasteiger charge is -2.34. The van der Waals surface area contributed by atoms with Crippen molar-refractivity contribution in [1.29, 1.82) is 0 Å². The van der Waals surface area contributed by atoms with Crippen molar-refractivity contribution in [2.24, 2.45) is 0 Å². The summed E-state index contributed by atoms with van der Waals surface area (Å²) in [5.74, 6) is 2.21. The molecule has 1 fully saturated rings. The molecule has 30 heavy (non-hydrogen) atoms. The number of aromatic nitrogens is 1. The Morgan fingerprint density at radius 3 is 2.60 bits per heavy atom. The van der Waals surface area contributed by atoms with Crippen molar-refractivity contribution >= 4 is 11.7 Å². The molecule has 4 rings (SSSR count). The Morgan fingerprint density at radius 2 is 1.87 bits per heavy atom. The van der Waals surface area contributed by atoms with E-state index in [1.54, 1.807) is 7.11 Å². The molecule has 2 aromatic carbocycles. The fraction of sp³-hybridized carbons (Fsp3) is 0.304. The van der Waals surface area contributed by atoms with Crippen molar-refractivity contribution in [3.63, 3.8) is 0 Å². The van der Waals surface area contributed by atoms with E-state index in [9.17, 15) is 4.79 Å². The number of piperazine rings is 1. The number of anilines is 1. The topological polar surface area (TPSA) is 70.8 Å². The number of carbonyl (C=O) groups is 1. The molecule has 1 aliphatic heterocycles. The van der Waals surface area contributed by atoms with E-state index in [-0.39, 0.29) is 6.03 Å². The zero-order valence-corrected chi connectivity index (χ0v) is 17.3. The van der Waals surface area contributed by atoms with Crippen LogP contribution < -0.4 is 10.1 Å². The van der Waals surface area contributed by atoms with Gasteiger partial charge in [-0.05, 0) is 31.2 Å². The van der Waals surface area contributed by atoms with Crippen LogP contribution in [0.2, 0.25) is 0 Å². The van der Waals surface area contributed by atoms with Gasteiger partial charge in [0.1, 0.15) is 11.5 Å². The van der Waals surface area contributed by atoms with E-state index >= 15 is 0 Å². The molecular weight excluding hydrogens is 380 g/mol. The second-order valence-electron chi connectivity index (χ2n) is 7.31. The summed E-state index contributed by atoms with van der Waals surface area (Å²) < 4.78 is 11.1. The first-order valence-electron chi connectivity index (χ1n) is 10.1. The second kappa shape index (κ2) is 9.00. The van der Waals surface area contributed by atoms with Crippen LogP contribution in [-0.2, 0) is 6.54 Å². The van der Waals surface area contributed by atoms with Gasteiger partial charge in [0.25, 0.3) is 0 Å². The van der Waals surface area contributed by atoms with E-state index in [4.69, 9.17) is 9.15 Å². The minimum Gasteiger partial charge on any atom is -0.497 e. The highest BCUT2D eigenvalue weighted by Gasteiger charge is 2.23. The second-order valence-corrected chi connectivity index (χ2v) is 7.31. The maximum atomic E-state index is 12.6. The zero-order valence-electron chi connectivity index (χ0n) is 17.3. The fourth-order valence-electron chi connectivity index (χ4n) is 3.50. The molecule has 7 nitrogen and oxygen atoms in total. The molecule has 3 aromatic rings. The normalized spacial score (nSPS) is 14.5. The Bertz CT molecular complexity index is 995. The molecule has 1 aliphatic rings. The van der Waals surface area contributed by atoms with E-state index in [0.29, 0.717) is 25.5 Å². The molecule has 0 atom stereocenters. The van der Waals surface area contributed by atoms with E-state index in [0.717, 1.165) is 41.5 Å². The van der Waals surface area contributed by atoms with Crippen molar-refractivity contribution < 1.29 is 13.9 Å². The highest BCUT2D eigenvalue weighted by molar-refractivity contribution is 5.89. The summed E-state index contributed by atoms with van der Waals surface area (Å²) in [6, 6.07) is 17.2. The van der Waals surface area contributed by atoms with Crippen molar-refractivity contribution in [1.82, 2.24) is 14.8 Å². The summed E-state index contributed by atoms with van der Waals surface area (Å²) >= 11 is 0. The molecule has 0 saturated carbocycles. The van der Waals surface area contributed by atoms with Crippen LogP contribution in [0.25, 0.3) is 11.5 Å². The van der Waals surface area contributed by atoms with Gasteiger partial charge < -0.3 is 19.4 Å². The Hall–Kier alpha value is -3.32. The minimum absolute atomic E-state index is 0.0908. The third-order valence-electron chi connectivity index (χ3n) is 5.27. The van der Waals surface area contributed by atoms with Crippen LogP contribution >= 0.6 is 0 Å². The predicted molar refractivity (Wildman–Crippen MR) is 116 cm³/mol. The number of hydrogen-bond acceptors (Lipinski definition) is 5. The maximum Gasteiger partial charge on any atom is 0.321 e. The predicted octanol–water partition coefficient (Wildman–Crippen LogP) is 4.01. The molecule has 0 aliphatic carbocycles. The van der Waals surface area contributed by atoms with Crippen molar-refractivity contribution in [2.45, 2.75) is 13.5 Å². The van der Waals surface area contributed by atoms with E-state index in [1.807, 2.05) is 66.4 Å². The quantitative estimate of drug-likeness (QED) is 0.693. The van der Waals surface area contributed by atoms with Crippen LogP contribution in [0.4, 0.5) is 10.5 Å². The Balaban J connectivity index is 1.31. The molecule has 0 unspecified atom stereocenters. The number of ether oxygens (including phenoxy) is 1. The Morgan fingerprint density at radius 1 is 1.10 bits per heavy atom. The molecule has 0 radical (unpaired) electrons. The first kappa shape index (κ1) is 20.0. The molecule has 156 valence electrons.